The average Bonchev–Trinajstić information content (AvgIpc) is 1.89. The van der Waals surface area contributed by atoms with Crippen molar-refractivity contribution in [1.82, 2.24) is 0 Å². The molecule has 1 atom stereocenters. The molecule has 2 nitrogen and oxygen atoms in total. The number of nitrogens with zero attached hydrogens (tertiary/aromatic N) is 1. The number of rotatable bonds is 1. The SMILES string of the molecule is CCCC#C[C@@H](O)C#N. The van der Waals surface area contributed by atoms with E-state index in [9.17, 15) is 0 Å². The van der Waals surface area contributed by atoms with Gasteiger partial charge in [-0.3, -0.25) is 0 Å². The molecular weight excluding hydrogens is 114 g/mol. The first-order valence-corrected chi connectivity index (χ1v) is 2.87. The topological polar surface area (TPSA) is 44.0 Å². The minimum absolute atomic E-state index is 0.749. The molecule has 0 saturated heterocycles. The zero-order valence-electron chi connectivity index (χ0n) is 5.39. The summed E-state index contributed by atoms with van der Waals surface area (Å²) in [6.45, 7) is 1.99. The zero-order chi connectivity index (χ0) is 7.11. The van der Waals surface area contributed by atoms with Gasteiger partial charge in [0.1, 0.15) is 6.07 Å². The molecule has 0 bridgehead atoms. The van der Waals surface area contributed by atoms with Gasteiger partial charge in [-0.2, -0.15) is 5.26 Å². The summed E-state index contributed by atoms with van der Waals surface area (Å²) in [6.07, 6.45) is 0.612. The fourth-order valence-corrected chi connectivity index (χ4v) is 0.326. The highest BCUT2D eigenvalue weighted by atomic mass is 16.3. The van der Waals surface area contributed by atoms with Crippen LogP contribution in [0, 0.1) is 23.2 Å². The number of unbranched alkanes of at least 4 members (excludes halogenated alkanes) is 1. The largest absolute Gasteiger partial charge is 0.368 e. The fraction of sp³-hybridized carbons (Fsp3) is 0.571. The van der Waals surface area contributed by atoms with Crippen molar-refractivity contribution in [2.45, 2.75) is 25.9 Å². The maximum absolute atomic E-state index is 8.55. The Balaban J connectivity index is 3.49. The minimum Gasteiger partial charge on any atom is -0.368 e. The summed E-state index contributed by atoms with van der Waals surface area (Å²) in [5.41, 5.74) is 0. The van der Waals surface area contributed by atoms with Crippen molar-refractivity contribution in [2.75, 3.05) is 0 Å². The van der Waals surface area contributed by atoms with Crippen LogP contribution in [0.15, 0.2) is 0 Å². The summed E-state index contributed by atoms with van der Waals surface area (Å²) in [7, 11) is 0. The fourth-order valence-electron chi connectivity index (χ4n) is 0.326. The highest BCUT2D eigenvalue weighted by Gasteiger charge is 1.88. The Morgan fingerprint density at radius 1 is 1.67 bits per heavy atom. The van der Waals surface area contributed by atoms with E-state index in [0.717, 1.165) is 12.8 Å². The molecule has 0 unspecified atom stereocenters. The first-order valence-electron chi connectivity index (χ1n) is 2.87. The van der Waals surface area contributed by atoms with Gasteiger partial charge in [0.05, 0.1) is 0 Å². The molecule has 1 N–H and O–H groups in total. The van der Waals surface area contributed by atoms with Gasteiger partial charge in [0.25, 0.3) is 0 Å². The molecule has 0 amide bonds. The third-order valence-electron chi connectivity index (χ3n) is 0.736. The van der Waals surface area contributed by atoms with Crippen molar-refractivity contribution in [1.29, 1.82) is 5.26 Å². The molecule has 0 aliphatic carbocycles. The molecule has 0 heterocycles. The van der Waals surface area contributed by atoms with Gasteiger partial charge in [-0.15, -0.1) is 0 Å². The second kappa shape index (κ2) is 5.15. The summed E-state index contributed by atoms with van der Waals surface area (Å²) in [5, 5.41) is 16.6. The van der Waals surface area contributed by atoms with Gasteiger partial charge < -0.3 is 5.11 Å². The average molecular weight is 123 g/mol. The van der Waals surface area contributed by atoms with E-state index >= 15 is 0 Å². The van der Waals surface area contributed by atoms with E-state index in [4.69, 9.17) is 10.4 Å². The molecule has 0 radical (unpaired) electrons. The lowest BCUT2D eigenvalue weighted by atomic mass is 10.3. The van der Waals surface area contributed by atoms with Gasteiger partial charge in [-0.1, -0.05) is 18.8 Å². The van der Waals surface area contributed by atoms with Gasteiger partial charge in [-0.05, 0) is 6.42 Å². The van der Waals surface area contributed by atoms with Crippen LogP contribution < -0.4 is 0 Å². The number of hydrogen-bond acceptors (Lipinski definition) is 2. The van der Waals surface area contributed by atoms with Crippen molar-refractivity contribution in [3.8, 4) is 17.9 Å². The van der Waals surface area contributed by atoms with Gasteiger partial charge in [0.2, 0.25) is 6.10 Å². The second-order valence-electron chi connectivity index (χ2n) is 1.60. The summed E-state index contributed by atoms with van der Waals surface area (Å²) in [5.74, 6) is 5.04. The highest BCUT2D eigenvalue weighted by molar-refractivity contribution is 5.12. The summed E-state index contributed by atoms with van der Waals surface area (Å²) < 4.78 is 0. The van der Waals surface area contributed by atoms with E-state index in [1.165, 1.54) is 0 Å². The predicted octanol–water partition coefficient (Wildman–Crippen LogP) is 0.674. The van der Waals surface area contributed by atoms with E-state index in [-0.39, 0.29) is 0 Å². The quantitative estimate of drug-likeness (QED) is 0.411. The van der Waals surface area contributed by atoms with Gasteiger partial charge in [0, 0.05) is 6.42 Å². The normalized spacial score (nSPS) is 10.8. The van der Waals surface area contributed by atoms with Crippen LogP contribution in [0.3, 0.4) is 0 Å². The highest BCUT2D eigenvalue weighted by Crippen LogP contribution is 1.82. The van der Waals surface area contributed by atoms with Crippen LogP contribution in [0.5, 0.6) is 0 Å². The van der Waals surface area contributed by atoms with E-state index < -0.39 is 6.10 Å². The standard InChI is InChI=1S/C7H9NO/c1-2-3-4-5-7(9)6-8/h7,9H,2-3H2,1H3/t7-/m1/s1. The van der Waals surface area contributed by atoms with Gasteiger partial charge in [-0.25, -0.2) is 0 Å². The van der Waals surface area contributed by atoms with Crippen molar-refractivity contribution in [2.24, 2.45) is 0 Å². The van der Waals surface area contributed by atoms with Crippen LogP contribution in [0.4, 0.5) is 0 Å². The maximum atomic E-state index is 8.55. The monoisotopic (exact) mass is 123 g/mol. The van der Waals surface area contributed by atoms with Crippen LogP contribution in [-0.2, 0) is 0 Å². The minimum atomic E-state index is -1.10. The number of aliphatic hydroxyl groups is 1. The smallest absolute Gasteiger partial charge is 0.202 e. The Morgan fingerprint density at radius 3 is 2.78 bits per heavy atom. The number of nitriles is 1. The Kier molecular flexibility index (Phi) is 4.59. The van der Waals surface area contributed by atoms with Gasteiger partial charge >= 0.3 is 0 Å². The number of aliphatic hydroxyl groups excluding tert-OH is 1. The molecule has 0 aliphatic heterocycles. The molecule has 0 rings (SSSR count). The Labute approximate surface area is 55.1 Å². The molecule has 0 saturated carbocycles. The summed E-state index contributed by atoms with van der Waals surface area (Å²) in [6, 6.07) is 1.61. The maximum Gasteiger partial charge on any atom is 0.202 e. The van der Waals surface area contributed by atoms with Crippen LogP contribution >= 0.6 is 0 Å². The first-order chi connectivity index (χ1) is 4.31. The van der Waals surface area contributed by atoms with Crippen molar-refractivity contribution >= 4 is 0 Å². The van der Waals surface area contributed by atoms with E-state index in [1.807, 2.05) is 6.92 Å². The van der Waals surface area contributed by atoms with Crippen molar-refractivity contribution in [3.05, 3.63) is 0 Å². The van der Waals surface area contributed by atoms with E-state index in [1.54, 1.807) is 6.07 Å². The molecule has 0 aliphatic rings. The lowest BCUT2D eigenvalue weighted by molar-refractivity contribution is 0.287. The summed E-state index contributed by atoms with van der Waals surface area (Å²) >= 11 is 0. The van der Waals surface area contributed by atoms with Crippen molar-refractivity contribution in [3.63, 3.8) is 0 Å². The van der Waals surface area contributed by atoms with Crippen molar-refractivity contribution < 1.29 is 5.11 Å². The molecule has 0 spiro atoms. The lowest BCUT2D eigenvalue weighted by Crippen LogP contribution is -1.95. The molecule has 0 aromatic heterocycles. The predicted molar refractivity (Wildman–Crippen MR) is 34.3 cm³/mol. The lowest BCUT2D eigenvalue weighted by Gasteiger charge is -1.82. The third-order valence-corrected chi connectivity index (χ3v) is 0.736. The van der Waals surface area contributed by atoms with Crippen LogP contribution in [0.1, 0.15) is 19.8 Å². The van der Waals surface area contributed by atoms with Crippen LogP contribution in [0.25, 0.3) is 0 Å². The first kappa shape index (κ1) is 8.01. The Bertz CT molecular complexity index is 158. The van der Waals surface area contributed by atoms with Crippen LogP contribution in [-0.4, -0.2) is 11.2 Å². The molecular formula is C7H9NO. The summed E-state index contributed by atoms with van der Waals surface area (Å²) in [4.78, 5) is 0. The molecule has 0 fully saturated rings. The third kappa shape index (κ3) is 4.87. The van der Waals surface area contributed by atoms with Gasteiger partial charge in [0.15, 0.2) is 0 Å². The molecule has 2 heteroatoms. The molecule has 0 aromatic carbocycles. The molecule has 0 aromatic rings. The number of hydrogen-bond donors (Lipinski definition) is 1. The Morgan fingerprint density at radius 2 is 2.33 bits per heavy atom. The molecule has 48 valence electrons. The van der Waals surface area contributed by atoms with Crippen LogP contribution in [0.2, 0.25) is 0 Å². The zero-order valence-corrected chi connectivity index (χ0v) is 5.39. The Hall–Kier alpha value is -0.990. The second-order valence-corrected chi connectivity index (χ2v) is 1.60. The molecule has 9 heavy (non-hydrogen) atoms. The van der Waals surface area contributed by atoms with E-state index in [0.29, 0.717) is 0 Å². The van der Waals surface area contributed by atoms with E-state index in [2.05, 4.69) is 11.8 Å².